The van der Waals surface area contributed by atoms with E-state index in [1.165, 1.54) is 30.3 Å². The molecule has 28 heavy (non-hydrogen) atoms. The molecule has 0 unspecified atom stereocenters. The zero-order chi connectivity index (χ0) is 20.7. The molecular formula is C19H22FN3O4S. The molecule has 2 amide bonds. The van der Waals surface area contributed by atoms with Crippen LogP contribution in [0.25, 0.3) is 0 Å². The Hall–Kier alpha value is -2.94. The van der Waals surface area contributed by atoms with Crippen LogP contribution in [0.5, 0.6) is 0 Å². The zero-order valence-electron chi connectivity index (χ0n) is 15.6. The maximum atomic E-state index is 13.0. The summed E-state index contributed by atoms with van der Waals surface area (Å²) in [6.07, 6.45) is 0.778. The second kappa shape index (κ2) is 9.32. The van der Waals surface area contributed by atoms with Gasteiger partial charge < -0.3 is 10.6 Å². The normalized spacial score (nSPS) is 11.0. The first-order valence-electron chi connectivity index (χ1n) is 8.67. The van der Waals surface area contributed by atoms with Crippen LogP contribution in [-0.4, -0.2) is 33.3 Å². The lowest BCUT2D eigenvalue weighted by Crippen LogP contribution is -2.37. The second-order valence-corrected chi connectivity index (χ2v) is 7.80. The van der Waals surface area contributed by atoms with Gasteiger partial charge in [0, 0.05) is 17.8 Å². The fourth-order valence-electron chi connectivity index (χ4n) is 2.33. The van der Waals surface area contributed by atoms with Crippen molar-refractivity contribution < 1.29 is 22.4 Å². The first kappa shape index (κ1) is 21.4. The highest BCUT2D eigenvalue weighted by Gasteiger charge is 2.18. The summed E-state index contributed by atoms with van der Waals surface area (Å²) in [5, 5.41) is 5.11. The third kappa shape index (κ3) is 5.78. The smallest absolute Gasteiger partial charge is 0.261 e. The Bertz CT molecular complexity index is 960. The van der Waals surface area contributed by atoms with Crippen molar-refractivity contribution in [3.8, 4) is 0 Å². The molecule has 0 aliphatic heterocycles. The van der Waals surface area contributed by atoms with E-state index in [9.17, 15) is 22.4 Å². The minimum Gasteiger partial charge on any atom is -0.355 e. The van der Waals surface area contributed by atoms with Gasteiger partial charge in [0.25, 0.3) is 15.9 Å². The summed E-state index contributed by atoms with van der Waals surface area (Å²) >= 11 is 0. The highest BCUT2D eigenvalue weighted by molar-refractivity contribution is 7.92. The number of hydrogen-bond acceptors (Lipinski definition) is 4. The standard InChI is InChI=1S/C19H22FN3O4S/c1-3-10-21-18(24)12-22-19(25)17-11-16(9-4-13(17)2)28(26,27)23-15-7-5-14(20)6-8-15/h4-9,11,23H,3,10,12H2,1-2H3,(H,21,24)(H,22,25). The summed E-state index contributed by atoms with van der Waals surface area (Å²) in [7, 11) is -3.97. The Kier molecular flexibility index (Phi) is 7.11. The van der Waals surface area contributed by atoms with E-state index in [1.807, 2.05) is 6.92 Å². The van der Waals surface area contributed by atoms with Gasteiger partial charge in [-0.15, -0.1) is 0 Å². The topological polar surface area (TPSA) is 104 Å². The molecule has 2 aromatic carbocycles. The number of nitrogens with one attached hydrogen (secondary N) is 3. The number of amides is 2. The number of hydrogen-bond donors (Lipinski definition) is 3. The molecule has 0 aliphatic carbocycles. The molecule has 0 aliphatic rings. The highest BCUT2D eigenvalue weighted by atomic mass is 32.2. The number of halogens is 1. The van der Waals surface area contributed by atoms with Crippen molar-refractivity contribution in [2.45, 2.75) is 25.2 Å². The van der Waals surface area contributed by atoms with E-state index in [0.717, 1.165) is 18.6 Å². The lowest BCUT2D eigenvalue weighted by Gasteiger charge is -2.12. The highest BCUT2D eigenvalue weighted by Crippen LogP contribution is 2.19. The van der Waals surface area contributed by atoms with E-state index in [4.69, 9.17) is 0 Å². The van der Waals surface area contributed by atoms with Gasteiger partial charge in [0.05, 0.1) is 11.4 Å². The van der Waals surface area contributed by atoms with Crippen LogP contribution in [-0.2, 0) is 14.8 Å². The van der Waals surface area contributed by atoms with Crippen LogP contribution in [0.1, 0.15) is 29.3 Å². The first-order valence-corrected chi connectivity index (χ1v) is 10.1. The predicted molar refractivity (Wildman–Crippen MR) is 104 cm³/mol. The van der Waals surface area contributed by atoms with Crippen molar-refractivity contribution >= 4 is 27.5 Å². The molecule has 0 bridgehead atoms. The fourth-order valence-corrected chi connectivity index (χ4v) is 3.41. The number of aryl methyl sites for hydroxylation is 1. The zero-order valence-corrected chi connectivity index (χ0v) is 16.4. The van der Waals surface area contributed by atoms with Crippen LogP contribution in [0, 0.1) is 12.7 Å². The van der Waals surface area contributed by atoms with Gasteiger partial charge in [0.2, 0.25) is 5.91 Å². The lowest BCUT2D eigenvalue weighted by molar-refractivity contribution is -0.120. The van der Waals surface area contributed by atoms with Gasteiger partial charge in [0.15, 0.2) is 0 Å². The molecule has 2 rings (SSSR count). The summed E-state index contributed by atoms with van der Waals surface area (Å²) in [5.74, 6) is -1.36. The van der Waals surface area contributed by atoms with Crippen molar-refractivity contribution in [2.24, 2.45) is 0 Å². The molecule has 9 heteroatoms. The van der Waals surface area contributed by atoms with Crippen molar-refractivity contribution in [1.82, 2.24) is 10.6 Å². The molecule has 2 aromatic rings. The minimum absolute atomic E-state index is 0.122. The third-order valence-corrected chi connectivity index (χ3v) is 5.22. The number of carbonyl (C=O) groups is 2. The molecule has 0 aromatic heterocycles. The number of rotatable bonds is 8. The molecule has 0 fully saturated rings. The van der Waals surface area contributed by atoms with Crippen LogP contribution < -0.4 is 15.4 Å². The average molecular weight is 407 g/mol. The van der Waals surface area contributed by atoms with E-state index in [0.29, 0.717) is 12.1 Å². The summed E-state index contributed by atoms with van der Waals surface area (Å²) < 4.78 is 40.4. The van der Waals surface area contributed by atoms with E-state index in [-0.39, 0.29) is 28.6 Å². The van der Waals surface area contributed by atoms with E-state index in [2.05, 4.69) is 15.4 Å². The lowest BCUT2D eigenvalue weighted by atomic mass is 10.1. The molecule has 0 heterocycles. The summed E-state index contributed by atoms with van der Waals surface area (Å²) in [5.41, 5.74) is 0.901. The van der Waals surface area contributed by atoms with Crippen LogP contribution in [0.2, 0.25) is 0 Å². The SMILES string of the molecule is CCCNC(=O)CNC(=O)c1cc(S(=O)(=O)Nc2ccc(F)cc2)ccc1C. The molecule has 0 radical (unpaired) electrons. The molecule has 0 saturated carbocycles. The van der Waals surface area contributed by atoms with E-state index >= 15 is 0 Å². The molecule has 3 N–H and O–H groups in total. The summed E-state index contributed by atoms with van der Waals surface area (Å²) in [4.78, 5) is 23.9. The van der Waals surface area contributed by atoms with Gasteiger partial charge in [-0.2, -0.15) is 0 Å². The van der Waals surface area contributed by atoms with Crippen molar-refractivity contribution in [2.75, 3.05) is 17.8 Å². The minimum atomic E-state index is -3.97. The number of benzene rings is 2. The maximum Gasteiger partial charge on any atom is 0.261 e. The first-order chi connectivity index (χ1) is 13.2. The van der Waals surface area contributed by atoms with E-state index in [1.54, 1.807) is 6.92 Å². The maximum absolute atomic E-state index is 13.0. The van der Waals surface area contributed by atoms with E-state index < -0.39 is 21.7 Å². The number of sulfonamides is 1. The van der Waals surface area contributed by atoms with Crippen molar-refractivity contribution in [3.05, 3.63) is 59.4 Å². The quantitative estimate of drug-likeness (QED) is 0.624. The number of carbonyl (C=O) groups excluding carboxylic acids is 2. The Morgan fingerprint density at radius 1 is 1.04 bits per heavy atom. The predicted octanol–water partition coefficient (Wildman–Crippen LogP) is 2.19. The Balaban J connectivity index is 2.16. The summed E-state index contributed by atoms with van der Waals surface area (Å²) in [6.45, 7) is 3.88. The van der Waals surface area contributed by atoms with Gasteiger partial charge in [-0.25, -0.2) is 12.8 Å². The van der Waals surface area contributed by atoms with Gasteiger partial charge in [0.1, 0.15) is 5.82 Å². The number of anilines is 1. The second-order valence-electron chi connectivity index (χ2n) is 6.12. The summed E-state index contributed by atoms with van der Waals surface area (Å²) in [6, 6.07) is 8.97. The fraction of sp³-hybridized carbons (Fsp3) is 0.263. The molecule has 0 atom stereocenters. The Labute approximate surface area is 163 Å². The van der Waals surface area contributed by atoms with Crippen LogP contribution in [0.15, 0.2) is 47.4 Å². The third-order valence-electron chi connectivity index (χ3n) is 3.84. The molecule has 150 valence electrons. The van der Waals surface area contributed by atoms with Crippen LogP contribution >= 0.6 is 0 Å². The van der Waals surface area contributed by atoms with Crippen molar-refractivity contribution in [3.63, 3.8) is 0 Å². The van der Waals surface area contributed by atoms with Gasteiger partial charge in [-0.05, 0) is 55.3 Å². The average Bonchev–Trinajstić information content (AvgIpc) is 2.66. The van der Waals surface area contributed by atoms with Gasteiger partial charge in [-0.3, -0.25) is 14.3 Å². The Morgan fingerprint density at radius 2 is 1.71 bits per heavy atom. The molecular weight excluding hydrogens is 385 g/mol. The molecule has 0 spiro atoms. The van der Waals surface area contributed by atoms with Gasteiger partial charge in [-0.1, -0.05) is 13.0 Å². The van der Waals surface area contributed by atoms with Crippen molar-refractivity contribution in [1.29, 1.82) is 0 Å². The van der Waals surface area contributed by atoms with Crippen LogP contribution in [0.4, 0.5) is 10.1 Å². The van der Waals surface area contributed by atoms with Gasteiger partial charge >= 0.3 is 0 Å². The Morgan fingerprint density at radius 3 is 2.36 bits per heavy atom. The largest absolute Gasteiger partial charge is 0.355 e. The molecule has 7 nitrogen and oxygen atoms in total. The van der Waals surface area contributed by atoms with Crippen LogP contribution in [0.3, 0.4) is 0 Å². The monoisotopic (exact) mass is 407 g/mol. The molecule has 0 saturated heterocycles.